The molecule has 1 aliphatic heterocycles. The number of carboxylic acid groups (broad SMARTS) is 1. The highest BCUT2D eigenvalue weighted by molar-refractivity contribution is 5.83. The zero-order valence-corrected chi connectivity index (χ0v) is 9.66. The molecule has 16 heavy (non-hydrogen) atoms. The van der Waals surface area contributed by atoms with Crippen LogP contribution in [0.25, 0.3) is 0 Å². The highest BCUT2D eigenvalue weighted by Crippen LogP contribution is 2.07. The lowest BCUT2D eigenvalue weighted by Crippen LogP contribution is -2.53. The molecule has 0 saturated carbocycles. The van der Waals surface area contributed by atoms with Gasteiger partial charge in [-0.1, -0.05) is 19.8 Å². The average molecular weight is 228 g/mol. The van der Waals surface area contributed by atoms with E-state index in [9.17, 15) is 9.59 Å². The fourth-order valence-electron chi connectivity index (χ4n) is 1.86. The fraction of sp³-hybridized carbons (Fsp3) is 0.818. The van der Waals surface area contributed by atoms with E-state index in [4.69, 9.17) is 5.11 Å². The largest absolute Gasteiger partial charge is 0.480 e. The number of carbonyl (C=O) groups excluding carboxylic acids is 1. The molecule has 1 rings (SSSR count). The molecule has 0 aromatic heterocycles. The normalized spacial score (nSPS) is 22.6. The molecule has 1 aliphatic rings. The van der Waals surface area contributed by atoms with E-state index in [0.717, 1.165) is 25.7 Å². The summed E-state index contributed by atoms with van der Waals surface area (Å²) >= 11 is 0. The lowest BCUT2D eigenvalue weighted by Gasteiger charge is -2.26. The summed E-state index contributed by atoms with van der Waals surface area (Å²) in [4.78, 5) is 22.5. The maximum atomic E-state index is 11.5. The summed E-state index contributed by atoms with van der Waals surface area (Å²) in [5.41, 5.74) is 0. The number of nitrogens with one attached hydrogen (secondary N) is 2. The molecule has 5 nitrogen and oxygen atoms in total. The summed E-state index contributed by atoms with van der Waals surface area (Å²) < 4.78 is 0. The molecule has 1 saturated heterocycles. The van der Waals surface area contributed by atoms with Crippen molar-refractivity contribution in [3.63, 3.8) is 0 Å². The molecular weight excluding hydrogens is 208 g/mol. The molecule has 5 heteroatoms. The third-order valence-corrected chi connectivity index (χ3v) is 2.83. The first-order valence-corrected chi connectivity index (χ1v) is 5.91. The lowest BCUT2D eigenvalue weighted by molar-refractivity contribution is -0.140. The number of hydrogen-bond acceptors (Lipinski definition) is 3. The van der Waals surface area contributed by atoms with Gasteiger partial charge in [-0.05, 0) is 19.3 Å². The van der Waals surface area contributed by atoms with Gasteiger partial charge in [-0.25, -0.2) is 0 Å². The van der Waals surface area contributed by atoms with E-state index >= 15 is 0 Å². The minimum atomic E-state index is -0.869. The second-order valence-corrected chi connectivity index (χ2v) is 4.19. The molecule has 0 aromatic carbocycles. The van der Waals surface area contributed by atoms with Crippen LogP contribution in [-0.2, 0) is 9.59 Å². The van der Waals surface area contributed by atoms with Crippen LogP contribution in [0.5, 0.6) is 0 Å². The van der Waals surface area contributed by atoms with Crippen LogP contribution in [0.3, 0.4) is 0 Å². The first-order chi connectivity index (χ1) is 7.65. The molecule has 0 spiro atoms. The van der Waals surface area contributed by atoms with Gasteiger partial charge >= 0.3 is 5.97 Å². The molecule has 1 amide bonds. The Morgan fingerprint density at radius 3 is 3.00 bits per heavy atom. The van der Waals surface area contributed by atoms with Gasteiger partial charge in [-0.15, -0.1) is 0 Å². The zero-order chi connectivity index (χ0) is 12.0. The van der Waals surface area contributed by atoms with Gasteiger partial charge in [0.1, 0.15) is 6.04 Å². The summed E-state index contributed by atoms with van der Waals surface area (Å²) in [6.45, 7) is 2.72. The highest BCUT2D eigenvalue weighted by atomic mass is 16.4. The fourth-order valence-corrected chi connectivity index (χ4v) is 1.86. The summed E-state index contributed by atoms with van der Waals surface area (Å²) in [5, 5.41) is 14.7. The molecule has 0 aromatic rings. The Kier molecular flexibility index (Phi) is 5.25. The molecular formula is C11H20N2O3. The van der Waals surface area contributed by atoms with Crippen molar-refractivity contribution in [1.82, 2.24) is 10.6 Å². The van der Waals surface area contributed by atoms with E-state index in [1.165, 1.54) is 0 Å². The third kappa shape index (κ3) is 3.81. The second kappa shape index (κ2) is 6.48. The Morgan fingerprint density at radius 2 is 2.44 bits per heavy atom. The topological polar surface area (TPSA) is 78.4 Å². The van der Waals surface area contributed by atoms with Gasteiger partial charge in [0.2, 0.25) is 5.91 Å². The van der Waals surface area contributed by atoms with E-state index in [1.54, 1.807) is 0 Å². The van der Waals surface area contributed by atoms with E-state index in [0.29, 0.717) is 13.0 Å². The summed E-state index contributed by atoms with van der Waals surface area (Å²) in [6, 6.07) is -0.944. The van der Waals surface area contributed by atoms with Gasteiger partial charge in [0.15, 0.2) is 0 Å². The van der Waals surface area contributed by atoms with Crippen molar-refractivity contribution in [3.8, 4) is 0 Å². The SMILES string of the molecule is CCCCC(NC1CCCNC1=O)C(=O)O. The average Bonchev–Trinajstić information content (AvgIpc) is 2.26. The maximum absolute atomic E-state index is 11.5. The van der Waals surface area contributed by atoms with Crippen LogP contribution >= 0.6 is 0 Å². The number of rotatable bonds is 6. The van der Waals surface area contributed by atoms with E-state index in [-0.39, 0.29) is 11.9 Å². The Balaban J connectivity index is 2.46. The van der Waals surface area contributed by atoms with E-state index in [2.05, 4.69) is 10.6 Å². The van der Waals surface area contributed by atoms with Gasteiger partial charge in [-0.3, -0.25) is 14.9 Å². The Labute approximate surface area is 95.6 Å². The monoisotopic (exact) mass is 228 g/mol. The number of piperidine rings is 1. The van der Waals surface area contributed by atoms with E-state index < -0.39 is 12.0 Å². The molecule has 3 N–H and O–H groups in total. The number of hydrogen-bond donors (Lipinski definition) is 3. The summed E-state index contributed by atoms with van der Waals surface area (Å²) in [5.74, 6) is -0.944. The van der Waals surface area contributed by atoms with Crippen molar-refractivity contribution < 1.29 is 14.7 Å². The highest BCUT2D eigenvalue weighted by Gasteiger charge is 2.27. The first-order valence-electron chi connectivity index (χ1n) is 5.91. The van der Waals surface area contributed by atoms with Gasteiger partial charge in [0, 0.05) is 6.54 Å². The molecule has 1 fully saturated rings. The number of amides is 1. The number of unbranched alkanes of at least 4 members (excludes halogenated alkanes) is 1. The number of carbonyl (C=O) groups is 2. The van der Waals surface area contributed by atoms with Gasteiger partial charge < -0.3 is 10.4 Å². The molecule has 2 unspecified atom stereocenters. The summed E-state index contributed by atoms with van der Waals surface area (Å²) in [7, 11) is 0. The van der Waals surface area contributed by atoms with Crippen molar-refractivity contribution >= 4 is 11.9 Å². The molecule has 0 bridgehead atoms. The summed E-state index contributed by atoms with van der Waals surface area (Å²) in [6.07, 6.45) is 4.03. The molecule has 0 radical (unpaired) electrons. The first kappa shape index (κ1) is 13.0. The van der Waals surface area contributed by atoms with Crippen LogP contribution in [0.2, 0.25) is 0 Å². The van der Waals surface area contributed by atoms with Crippen molar-refractivity contribution in [2.24, 2.45) is 0 Å². The minimum absolute atomic E-state index is 0.0750. The van der Waals surface area contributed by atoms with Crippen LogP contribution < -0.4 is 10.6 Å². The quantitative estimate of drug-likeness (QED) is 0.618. The Hall–Kier alpha value is -1.10. The van der Waals surface area contributed by atoms with Crippen LogP contribution in [0, 0.1) is 0 Å². The molecule has 0 aliphatic carbocycles. The van der Waals surface area contributed by atoms with Gasteiger partial charge in [0.05, 0.1) is 6.04 Å². The van der Waals surface area contributed by atoms with Gasteiger partial charge in [-0.2, -0.15) is 0 Å². The predicted molar refractivity (Wildman–Crippen MR) is 60.1 cm³/mol. The van der Waals surface area contributed by atoms with Crippen LogP contribution in [0.15, 0.2) is 0 Å². The number of carboxylic acids is 1. The standard InChI is InChI=1S/C11H20N2O3/c1-2-3-5-9(11(15)16)13-8-6-4-7-12-10(8)14/h8-9,13H,2-7H2,1H3,(H,12,14)(H,15,16). The van der Waals surface area contributed by atoms with Gasteiger partial charge in [0.25, 0.3) is 0 Å². The predicted octanol–water partition coefficient (Wildman–Crippen LogP) is 0.498. The van der Waals surface area contributed by atoms with E-state index in [1.807, 2.05) is 6.92 Å². The molecule has 92 valence electrons. The van der Waals surface area contributed by atoms with Crippen molar-refractivity contribution in [1.29, 1.82) is 0 Å². The minimum Gasteiger partial charge on any atom is -0.480 e. The second-order valence-electron chi connectivity index (χ2n) is 4.19. The van der Waals surface area contributed by atoms with Crippen molar-refractivity contribution in [2.45, 2.75) is 51.1 Å². The Morgan fingerprint density at radius 1 is 1.69 bits per heavy atom. The Bertz CT molecular complexity index is 256. The smallest absolute Gasteiger partial charge is 0.320 e. The maximum Gasteiger partial charge on any atom is 0.320 e. The van der Waals surface area contributed by atoms with Crippen LogP contribution in [0.1, 0.15) is 39.0 Å². The molecule has 2 atom stereocenters. The van der Waals surface area contributed by atoms with Crippen molar-refractivity contribution in [2.75, 3.05) is 6.54 Å². The third-order valence-electron chi connectivity index (χ3n) is 2.83. The van der Waals surface area contributed by atoms with Crippen molar-refractivity contribution in [3.05, 3.63) is 0 Å². The zero-order valence-electron chi connectivity index (χ0n) is 9.66. The van der Waals surface area contributed by atoms with Crippen LogP contribution in [-0.4, -0.2) is 35.6 Å². The number of aliphatic carboxylic acids is 1. The lowest BCUT2D eigenvalue weighted by atomic mass is 10.0. The molecule has 1 heterocycles. The van der Waals surface area contributed by atoms with Crippen LogP contribution in [0.4, 0.5) is 0 Å².